The van der Waals surface area contributed by atoms with E-state index >= 15 is 0 Å². The van der Waals surface area contributed by atoms with E-state index in [1.807, 2.05) is 19.9 Å². The third-order valence-corrected chi connectivity index (χ3v) is 5.57. The summed E-state index contributed by atoms with van der Waals surface area (Å²) in [6.45, 7) is 6.55. The third kappa shape index (κ3) is 6.15. The van der Waals surface area contributed by atoms with Crippen LogP contribution in [0, 0.1) is 12.7 Å². The molecule has 0 fully saturated rings. The Bertz CT molecular complexity index is 1130. The zero-order valence-corrected chi connectivity index (χ0v) is 18.7. The van der Waals surface area contributed by atoms with Gasteiger partial charge in [0.1, 0.15) is 5.82 Å². The Morgan fingerprint density at radius 3 is 2.77 bits per heavy atom. The molecule has 0 atom stereocenters. The van der Waals surface area contributed by atoms with Gasteiger partial charge in [-0.2, -0.15) is 0 Å². The monoisotopic (exact) mass is 443 g/mol. The molecular weight excluding hydrogens is 417 g/mol. The second-order valence-electron chi connectivity index (χ2n) is 7.44. The van der Waals surface area contributed by atoms with E-state index in [9.17, 15) is 14.0 Å². The molecule has 0 saturated carbocycles. The number of rotatable bonds is 9. The van der Waals surface area contributed by atoms with Crippen LogP contribution in [0.25, 0.3) is 10.9 Å². The number of fused-ring (bicyclic) bond motifs is 1. The maximum Gasteiger partial charge on any atom is 0.262 e. The van der Waals surface area contributed by atoms with Crippen LogP contribution in [-0.4, -0.2) is 33.9 Å². The van der Waals surface area contributed by atoms with Crippen molar-refractivity contribution in [3.8, 4) is 0 Å². The van der Waals surface area contributed by atoms with Crippen LogP contribution in [0.2, 0.25) is 0 Å². The molecule has 1 aromatic heterocycles. The Labute approximate surface area is 184 Å². The van der Waals surface area contributed by atoms with Gasteiger partial charge in [-0.1, -0.05) is 30.0 Å². The van der Waals surface area contributed by atoms with E-state index in [4.69, 9.17) is 4.74 Å². The summed E-state index contributed by atoms with van der Waals surface area (Å²) in [5.41, 5.74) is 1.35. The first-order valence-corrected chi connectivity index (χ1v) is 11.1. The second-order valence-corrected chi connectivity index (χ2v) is 8.38. The number of para-hydroxylation sites is 1. The number of amides is 1. The molecule has 0 unspecified atom stereocenters. The lowest BCUT2D eigenvalue weighted by Crippen LogP contribution is -2.25. The maximum absolute atomic E-state index is 13.7. The predicted molar refractivity (Wildman–Crippen MR) is 122 cm³/mol. The topological polar surface area (TPSA) is 73.2 Å². The van der Waals surface area contributed by atoms with E-state index in [2.05, 4.69) is 10.3 Å². The van der Waals surface area contributed by atoms with E-state index in [-0.39, 0.29) is 29.1 Å². The Balaban J connectivity index is 1.75. The average Bonchev–Trinajstić information content (AvgIpc) is 2.73. The molecule has 1 amide bonds. The molecule has 8 heteroatoms. The van der Waals surface area contributed by atoms with Gasteiger partial charge in [-0.3, -0.25) is 14.2 Å². The molecule has 1 N–H and O–H groups in total. The van der Waals surface area contributed by atoms with Crippen molar-refractivity contribution in [3.05, 3.63) is 64.2 Å². The van der Waals surface area contributed by atoms with Crippen LogP contribution in [0.3, 0.4) is 0 Å². The average molecular weight is 444 g/mol. The molecule has 0 aliphatic carbocycles. The molecule has 1 heterocycles. The quantitative estimate of drug-likeness (QED) is 0.302. The summed E-state index contributed by atoms with van der Waals surface area (Å²) < 4.78 is 20.9. The molecule has 3 rings (SSSR count). The van der Waals surface area contributed by atoms with Crippen LogP contribution < -0.4 is 10.9 Å². The zero-order chi connectivity index (χ0) is 22.4. The Morgan fingerprint density at radius 1 is 1.26 bits per heavy atom. The Morgan fingerprint density at radius 2 is 2.03 bits per heavy atom. The highest BCUT2D eigenvalue weighted by molar-refractivity contribution is 7.99. The highest BCUT2D eigenvalue weighted by atomic mass is 32.2. The zero-order valence-electron chi connectivity index (χ0n) is 17.9. The van der Waals surface area contributed by atoms with Crippen LogP contribution >= 0.6 is 11.8 Å². The summed E-state index contributed by atoms with van der Waals surface area (Å²) >= 11 is 1.18. The van der Waals surface area contributed by atoms with E-state index in [1.165, 1.54) is 17.8 Å². The number of nitrogens with one attached hydrogen (secondary N) is 1. The number of aryl methyl sites for hydroxylation is 1. The molecule has 0 saturated heterocycles. The van der Waals surface area contributed by atoms with Gasteiger partial charge in [-0.05, 0) is 57.0 Å². The van der Waals surface area contributed by atoms with Crippen molar-refractivity contribution in [2.24, 2.45) is 0 Å². The number of halogens is 1. The van der Waals surface area contributed by atoms with Crippen molar-refractivity contribution >= 4 is 34.3 Å². The third-order valence-electron chi connectivity index (χ3n) is 4.59. The second kappa shape index (κ2) is 10.5. The van der Waals surface area contributed by atoms with Gasteiger partial charge in [-0.15, -0.1) is 0 Å². The van der Waals surface area contributed by atoms with E-state index in [0.29, 0.717) is 46.9 Å². The molecule has 164 valence electrons. The molecule has 0 aliphatic heterocycles. The standard InChI is InChI=1S/C23H26FN3O3S/c1-15(2)30-12-6-11-27-22(29)18-7-4-5-8-20(18)26-23(27)31-14-21(28)25-17-10-9-16(3)19(24)13-17/h4-5,7-10,13,15H,6,11-12,14H2,1-3H3,(H,25,28). The summed E-state index contributed by atoms with van der Waals surface area (Å²) in [6.07, 6.45) is 0.774. The van der Waals surface area contributed by atoms with Crippen LogP contribution in [0.5, 0.6) is 0 Å². The number of anilines is 1. The first-order valence-electron chi connectivity index (χ1n) is 10.1. The highest BCUT2D eigenvalue weighted by Crippen LogP contribution is 2.19. The van der Waals surface area contributed by atoms with Gasteiger partial charge >= 0.3 is 0 Å². The van der Waals surface area contributed by atoms with Crippen LogP contribution in [0.15, 0.2) is 52.4 Å². The van der Waals surface area contributed by atoms with Gasteiger partial charge in [-0.25, -0.2) is 9.37 Å². The first kappa shape index (κ1) is 23.0. The fourth-order valence-electron chi connectivity index (χ4n) is 2.99. The van der Waals surface area contributed by atoms with Crippen LogP contribution in [-0.2, 0) is 16.1 Å². The lowest BCUT2D eigenvalue weighted by Gasteiger charge is -2.14. The van der Waals surface area contributed by atoms with Gasteiger partial charge in [0.05, 0.1) is 22.8 Å². The molecule has 0 radical (unpaired) electrons. The minimum atomic E-state index is -0.376. The van der Waals surface area contributed by atoms with Crippen molar-refractivity contribution < 1.29 is 13.9 Å². The minimum Gasteiger partial charge on any atom is -0.379 e. The number of nitrogens with zero attached hydrogens (tertiary/aromatic N) is 2. The van der Waals surface area contributed by atoms with Gasteiger partial charge in [0, 0.05) is 18.8 Å². The number of aromatic nitrogens is 2. The number of thioether (sulfide) groups is 1. The summed E-state index contributed by atoms with van der Waals surface area (Å²) in [6, 6.07) is 11.7. The van der Waals surface area contributed by atoms with Crippen LogP contribution in [0.4, 0.5) is 10.1 Å². The summed E-state index contributed by atoms with van der Waals surface area (Å²) in [7, 11) is 0. The Kier molecular flexibility index (Phi) is 7.81. The SMILES string of the molecule is Cc1ccc(NC(=O)CSc2nc3ccccc3c(=O)n2CCCOC(C)C)cc1F. The lowest BCUT2D eigenvalue weighted by atomic mass is 10.2. The number of hydrogen-bond donors (Lipinski definition) is 1. The molecule has 31 heavy (non-hydrogen) atoms. The molecule has 6 nitrogen and oxygen atoms in total. The maximum atomic E-state index is 13.7. The number of carbonyl (C=O) groups is 1. The van der Waals surface area contributed by atoms with E-state index < -0.39 is 0 Å². The van der Waals surface area contributed by atoms with E-state index in [1.54, 1.807) is 41.8 Å². The Hall–Kier alpha value is -2.71. The summed E-state index contributed by atoms with van der Waals surface area (Å²) in [5, 5.41) is 3.69. The molecule has 2 aromatic carbocycles. The van der Waals surface area contributed by atoms with Crippen molar-refractivity contribution in [2.75, 3.05) is 17.7 Å². The highest BCUT2D eigenvalue weighted by Gasteiger charge is 2.14. The summed E-state index contributed by atoms with van der Waals surface area (Å²) in [5.74, 6) is -0.632. The lowest BCUT2D eigenvalue weighted by molar-refractivity contribution is -0.113. The molecule has 0 bridgehead atoms. The van der Waals surface area contributed by atoms with Crippen molar-refractivity contribution in [3.63, 3.8) is 0 Å². The van der Waals surface area contributed by atoms with Crippen molar-refractivity contribution in [1.29, 1.82) is 0 Å². The first-order chi connectivity index (χ1) is 14.8. The van der Waals surface area contributed by atoms with Crippen molar-refractivity contribution in [2.45, 2.75) is 45.0 Å². The summed E-state index contributed by atoms with van der Waals surface area (Å²) in [4.78, 5) is 30.0. The van der Waals surface area contributed by atoms with E-state index in [0.717, 1.165) is 0 Å². The number of carbonyl (C=O) groups excluding carboxylic acids is 1. The largest absolute Gasteiger partial charge is 0.379 e. The fourth-order valence-corrected chi connectivity index (χ4v) is 3.82. The minimum absolute atomic E-state index is 0.0444. The van der Waals surface area contributed by atoms with Gasteiger partial charge in [0.2, 0.25) is 5.91 Å². The molecular formula is C23H26FN3O3S. The number of ether oxygens (including phenoxy) is 1. The van der Waals surface area contributed by atoms with Crippen molar-refractivity contribution in [1.82, 2.24) is 9.55 Å². The molecule has 3 aromatic rings. The number of benzene rings is 2. The fraction of sp³-hybridized carbons (Fsp3) is 0.348. The van der Waals surface area contributed by atoms with Crippen LogP contribution in [0.1, 0.15) is 25.8 Å². The van der Waals surface area contributed by atoms with Gasteiger partial charge in [0.15, 0.2) is 5.16 Å². The molecule has 0 aliphatic rings. The van der Waals surface area contributed by atoms with Gasteiger partial charge in [0.25, 0.3) is 5.56 Å². The molecule has 0 spiro atoms. The number of hydrogen-bond acceptors (Lipinski definition) is 5. The van der Waals surface area contributed by atoms with Gasteiger partial charge < -0.3 is 10.1 Å². The normalized spacial score (nSPS) is 11.3. The smallest absolute Gasteiger partial charge is 0.262 e. The predicted octanol–water partition coefficient (Wildman–Crippen LogP) is 4.39.